The highest BCUT2D eigenvalue weighted by Crippen LogP contribution is 2.35. The van der Waals surface area contributed by atoms with Crippen LogP contribution < -0.4 is 24.6 Å². The number of urea groups is 1. The van der Waals surface area contributed by atoms with Crippen molar-refractivity contribution >= 4 is 31.5 Å². The Morgan fingerprint density at radius 3 is 2.52 bits per heavy atom. The predicted molar refractivity (Wildman–Crippen MR) is 141 cm³/mol. The third kappa shape index (κ3) is 8.28. The largest absolute Gasteiger partial charge is 0.573 e. The van der Waals surface area contributed by atoms with Crippen molar-refractivity contribution in [1.82, 2.24) is 10.3 Å². The SMILES string of the molecule is COCC(NC(=O)N1CC(=O)N(COCC[Si](C)(C)C)c2cc(OC)cnc21)c1ccc(OC(F)(F)F)c(F)c1. The summed E-state index contributed by atoms with van der Waals surface area (Å²) >= 11 is 0. The summed E-state index contributed by atoms with van der Waals surface area (Å²) in [4.78, 5) is 33.3. The monoisotopic (exact) mass is 588 g/mol. The number of hydrogen-bond acceptors (Lipinski definition) is 7. The molecule has 1 unspecified atom stereocenters. The molecular formula is C25H32F4N4O6Si. The molecule has 40 heavy (non-hydrogen) atoms. The Morgan fingerprint density at radius 2 is 1.93 bits per heavy atom. The van der Waals surface area contributed by atoms with E-state index in [1.165, 1.54) is 31.4 Å². The van der Waals surface area contributed by atoms with Crippen LogP contribution in [0.15, 0.2) is 30.5 Å². The highest BCUT2D eigenvalue weighted by atomic mass is 28.3. The lowest BCUT2D eigenvalue weighted by Crippen LogP contribution is -2.53. The molecule has 1 aliphatic rings. The summed E-state index contributed by atoms with van der Waals surface area (Å²) in [7, 11) is 1.42. The van der Waals surface area contributed by atoms with E-state index in [1.54, 1.807) is 6.07 Å². The van der Waals surface area contributed by atoms with E-state index in [2.05, 4.69) is 34.7 Å². The summed E-state index contributed by atoms with van der Waals surface area (Å²) in [5, 5.41) is 2.64. The van der Waals surface area contributed by atoms with Crippen LogP contribution in [-0.4, -0.2) is 72.1 Å². The molecule has 1 N–H and O–H groups in total. The normalized spacial score (nSPS) is 14.6. The van der Waals surface area contributed by atoms with Crippen molar-refractivity contribution in [3.05, 3.63) is 41.8 Å². The molecule has 0 aliphatic carbocycles. The van der Waals surface area contributed by atoms with Crippen molar-refractivity contribution in [3.8, 4) is 11.5 Å². The Morgan fingerprint density at radius 1 is 1.20 bits per heavy atom. The highest BCUT2D eigenvalue weighted by molar-refractivity contribution is 6.76. The fourth-order valence-corrected chi connectivity index (χ4v) is 4.53. The van der Waals surface area contributed by atoms with Crippen molar-refractivity contribution in [2.24, 2.45) is 0 Å². The summed E-state index contributed by atoms with van der Waals surface area (Å²) in [5.74, 6) is -2.21. The van der Waals surface area contributed by atoms with Gasteiger partial charge in [-0.15, -0.1) is 13.2 Å². The molecule has 0 spiro atoms. The lowest BCUT2D eigenvalue weighted by atomic mass is 10.1. The summed E-state index contributed by atoms with van der Waals surface area (Å²) < 4.78 is 71.7. The Hall–Kier alpha value is -3.43. The molecule has 1 aliphatic heterocycles. The van der Waals surface area contributed by atoms with Gasteiger partial charge >= 0.3 is 12.4 Å². The quantitative estimate of drug-likeness (QED) is 0.231. The summed E-state index contributed by atoms with van der Waals surface area (Å²) in [6.07, 6.45) is -3.68. The van der Waals surface area contributed by atoms with Crippen molar-refractivity contribution in [3.63, 3.8) is 0 Å². The molecule has 1 aromatic heterocycles. The molecule has 220 valence electrons. The summed E-state index contributed by atoms with van der Waals surface area (Å²) in [6, 6.07) is 3.51. The molecule has 1 atom stereocenters. The Balaban J connectivity index is 1.83. The van der Waals surface area contributed by atoms with Gasteiger partial charge in [-0.25, -0.2) is 14.2 Å². The number of nitrogens with zero attached hydrogens (tertiary/aromatic N) is 3. The number of ether oxygens (including phenoxy) is 4. The van der Waals surface area contributed by atoms with Crippen LogP contribution in [-0.2, 0) is 14.3 Å². The number of fused-ring (bicyclic) bond motifs is 1. The molecule has 2 heterocycles. The van der Waals surface area contributed by atoms with Crippen molar-refractivity contribution in [2.75, 3.05) is 50.5 Å². The number of carbonyl (C=O) groups is 2. The average Bonchev–Trinajstić information content (AvgIpc) is 2.86. The molecule has 10 nitrogen and oxygen atoms in total. The van der Waals surface area contributed by atoms with Gasteiger partial charge in [-0.3, -0.25) is 14.6 Å². The lowest BCUT2D eigenvalue weighted by molar-refractivity contribution is -0.275. The van der Waals surface area contributed by atoms with E-state index in [1.807, 2.05) is 0 Å². The van der Waals surface area contributed by atoms with E-state index >= 15 is 0 Å². The molecule has 3 rings (SSSR count). The number of carbonyl (C=O) groups excluding carboxylic acids is 2. The van der Waals surface area contributed by atoms with Crippen LogP contribution in [0.1, 0.15) is 11.6 Å². The minimum atomic E-state index is -5.07. The molecule has 15 heteroatoms. The molecule has 0 radical (unpaired) electrons. The number of pyridine rings is 1. The van der Waals surface area contributed by atoms with Gasteiger partial charge in [0.15, 0.2) is 17.4 Å². The minimum Gasteiger partial charge on any atom is -0.495 e. The van der Waals surface area contributed by atoms with E-state index in [4.69, 9.17) is 14.2 Å². The number of anilines is 2. The molecule has 0 saturated carbocycles. The highest BCUT2D eigenvalue weighted by Gasteiger charge is 2.36. The first-order valence-corrected chi connectivity index (χ1v) is 16.0. The van der Waals surface area contributed by atoms with Gasteiger partial charge in [-0.2, -0.15) is 0 Å². The van der Waals surface area contributed by atoms with Crippen LogP contribution >= 0.6 is 0 Å². The zero-order valence-corrected chi connectivity index (χ0v) is 23.8. The van der Waals surface area contributed by atoms with Gasteiger partial charge < -0.3 is 24.3 Å². The lowest BCUT2D eigenvalue weighted by Gasteiger charge is -2.35. The number of benzene rings is 1. The maximum atomic E-state index is 14.4. The Kier molecular flexibility index (Phi) is 9.97. The molecule has 2 aromatic rings. The van der Waals surface area contributed by atoms with Crippen LogP contribution in [0.4, 0.5) is 33.9 Å². The second-order valence-electron chi connectivity index (χ2n) is 10.2. The van der Waals surface area contributed by atoms with Crippen molar-refractivity contribution in [1.29, 1.82) is 0 Å². The van der Waals surface area contributed by atoms with Crippen LogP contribution in [0.5, 0.6) is 11.5 Å². The number of alkyl halides is 3. The molecule has 0 saturated heterocycles. The zero-order chi connectivity index (χ0) is 29.7. The maximum Gasteiger partial charge on any atom is 0.573 e. The first-order chi connectivity index (χ1) is 18.7. The molecular weight excluding hydrogens is 556 g/mol. The van der Waals surface area contributed by atoms with E-state index in [0.717, 1.165) is 23.1 Å². The minimum absolute atomic E-state index is 0.0431. The van der Waals surface area contributed by atoms with Crippen LogP contribution in [0.2, 0.25) is 25.7 Å². The number of amides is 3. The van der Waals surface area contributed by atoms with E-state index < -0.39 is 44.0 Å². The van der Waals surface area contributed by atoms with Gasteiger partial charge in [0.25, 0.3) is 0 Å². The van der Waals surface area contributed by atoms with Gasteiger partial charge in [0.1, 0.15) is 19.0 Å². The summed E-state index contributed by atoms with van der Waals surface area (Å²) in [6.45, 7) is 6.53. The number of hydrogen-bond donors (Lipinski definition) is 1. The first kappa shape index (κ1) is 31.1. The molecule has 3 amide bonds. The van der Waals surface area contributed by atoms with Gasteiger partial charge in [0.05, 0.1) is 31.6 Å². The number of nitrogens with one attached hydrogen (secondary N) is 1. The van der Waals surface area contributed by atoms with Crippen LogP contribution in [0.3, 0.4) is 0 Å². The second-order valence-corrected chi connectivity index (χ2v) is 15.8. The van der Waals surface area contributed by atoms with E-state index in [9.17, 15) is 27.2 Å². The fraction of sp³-hybridized carbons (Fsp3) is 0.480. The van der Waals surface area contributed by atoms with Gasteiger partial charge in [-0.1, -0.05) is 25.7 Å². The third-order valence-electron chi connectivity index (χ3n) is 5.88. The Bertz CT molecular complexity index is 1210. The predicted octanol–water partition coefficient (Wildman–Crippen LogP) is 4.69. The van der Waals surface area contributed by atoms with Crippen LogP contribution in [0.25, 0.3) is 0 Å². The van der Waals surface area contributed by atoms with Crippen molar-refractivity contribution < 1.29 is 46.1 Å². The fourth-order valence-electron chi connectivity index (χ4n) is 3.78. The average molecular weight is 589 g/mol. The van der Waals surface area contributed by atoms with E-state index in [0.29, 0.717) is 18.0 Å². The number of methoxy groups -OCH3 is 2. The Labute approximate surface area is 230 Å². The summed E-state index contributed by atoms with van der Waals surface area (Å²) in [5.41, 5.74) is 0.410. The second kappa shape index (κ2) is 12.8. The number of aromatic nitrogens is 1. The molecule has 0 bridgehead atoms. The van der Waals surface area contributed by atoms with Crippen molar-refractivity contribution in [2.45, 2.75) is 38.1 Å². The molecule has 1 aromatic carbocycles. The number of rotatable bonds is 11. The van der Waals surface area contributed by atoms with Gasteiger partial charge in [0, 0.05) is 27.9 Å². The first-order valence-electron chi connectivity index (χ1n) is 12.3. The standard InChI is InChI=1S/C25H32F4N4O6Si/c1-36-14-19(16-6-7-21(18(26)10-16)39-25(27,28)29)31-24(35)32-13-22(34)33(15-38-8-9-40(3,4)5)20-11-17(37-2)12-30-23(20)32/h6-7,10-12,19H,8-9,13-15H2,1-5H3,(H,31,35). The third-order valence-corrected chi connectivity index (χ3v) is 7.58. The number of halogens is 4. The van der Waals surface area contributed by atoms with Gasteiger partial charge in [-0.05, 0) is 23.7 Å². The topological polar surface area (TPSA) is 102 Å². The van der Waals surface area contributed by atoms with Gasteiger partial charge in [0.2, 0.25) is 5.91 Å². The van der Waals surface area contributed by atoms with E-state index in [-0.39, 0.29) is 31.3 Å². The zero-order valence-electron chi connectivity index (χ0n) is 22.8. The smallest absolute Gasteiger partial charge is 0.495 e. The molecule has 0 fully saturated rings. The maximum absolute atomic E-state index is 14.4. The van der Waals surface area contributed by atoms with Crippen LogP contribution in [0, 0.1) is 5.82 Å².